The summed E-state index contributed by atoms with van der Waals surface area (Å²) in [4.78, 5) is 7.34. The molecule has 0 fully saturated rings. The molecule has 0 aromatic carbocycles. The molecule has 0 bridgehead atoms. The lowest BCUT2D eigenvalue weighted by atomic mass is 10.4. The summed E-state index contributed by atoms with van der Waals surface area (Å²) in [6.45, 7) is 0. The van der Waals surface area contributed by atoms with Gasteiger partial charge in [-0.3, -0.25) is 0 Å². The fourth-order valence-electron chi connectivity index (χ4n) is 1.15. The lowest BCUT2D eigenvalue weighted by Gasteiger charge is -2.07. The van der Waals surface area contributed by atoms with Crippen LogP contribution in [0, 0.1) is 0 Å². The Kier molecular flexibility index (Phi) is 2.26. The average Bonchev–Trinajstić information content (AvgIpc) is 2.61. The maximum Gasteiger partial charge on any atom is 0.433 e. The number of halogens is 3. The number of nitrogen functional groups attached to an aromatic ring is 1. The SMILES string of the molecule is Nc1cc(C(F)(F)F)n(-c2ncccn2)n1. The summed E-state index contributed by atoms with van der Waals surface area (Å²) in [6, 6.07) is 2.22. The Morgan fingerprint density at radius 3 is 2.38 bits per heavy atom. The van der Waals surface area contributed by atoms with Crippen molar-refractivity contribution in [3.8, 4) is 5.95 Å². The monoisotopic (exact) mass is 229 g/mol. The Labute approximate surface area is 87.7 Å². The van der Waals surface area contributed by atoms with Crippen LogP contribution < -0.4 is 5.73 Å². The van der Waals surface area contributed by atoms with Gasteiger partial charge in [0.15, 0.2) is 5.69 Å². The first-order valence-corrected chi connectivity index (χ1v) is 4.18. The minimum atomic E-state index is -4.55. The van der Waals surface area contributed by atoms with Crippen LogP contribution in [0.2, 0.25) is 0 Å². The van der Waals surface area contributed by atoms with E-state index in [1.165, 1.54) is 18.5 Å². The maximum atomic E-state index is 12.6. The van der Waals surface area contributed by atoms with Crippen LogP contribution in [0.15, 0.2) is 24.5 Å². The van der Waals surface area contributed by atoms with Crippen LogP contribution in [0.25, 0.3) is 5.95 Å². The van der Waals surface area contributed by atoms with E-state index in [2.05, 4.69) is 15.1 Å². The highest BCUT2D eigenvalue weighted by molar-refractivity contribution is 5.34. The maximum absolute atomic E-state index is 12.6. The number of hydrogen-bond acceptors (Lipinski definition) is 4. The van der Waals surface area contributed by atoms with Gasteiger partial charge in [-0.05, 0) is 6.07 Å². The Bertz CT molecular complexity index is 490. The van der Waals surface area contributed by atoms with E-state index in [4.69, 9.17) is 5.73 Å². The number of hydrogen-bond donors (Lipinski definition) is 1. The first-order chi connectivity index (χ1) is 7.48. The molecular weight excluding hydrogens is 223 g/mol. The third-order valence-electron chi connectivity index (χ3n) is 1.76. The molecule has 2 rings (SSSR count). The smallest absolute Gasteiger partial charge is 0.382 e. The zero-order valence-electron chi connectivity index (χ0n) is 7.81. The summed E-state index contributed by atoms with van der Waals surface area (Å²) in [6.07, 6.45) is -1.91. The molecule has 0 unspecified atom stereocenters. The second kappa shape index (κ2) is 3.47. The van der Waals surface area contributed by atoms with E-state index in [0.717, 1.165) is 6.07 Å². The molecule has 0 amide bonds. The summed E-state index contributed by atoms with van der Waals surface area (Å²) in [5.41, 5.74) is 4.22. The van der Waals surface area contributed by atoms with Crippen LogP contribution in [0.5, 0.6) is 0 Å². The van der Waals surface area contributed by atoms with Crippen LogP contribution in [-0.4, -0.2) is 19.7 Å². The van der Waals surface area contributed by atoms with E-state index >= 15 is 0 Å². The number of nitrogens with two attached hydrogens (primary N) is 1. The van der Waals surface area contributed by atoms with Crippen molar-refractivity contribution in [3.05, 3.63) is 30.2 Å². The largest absolute Gasteiger partial charge is 0.433 e. The fourth-order valence-corrected chi connectivity index (χ4v) is 1.15. The van der Waals surface area contributed by atoms with Gasteiger partial charge >= 0.3 is 6.18 Å². The van der Waals surface area contributed by atoms with Gasteiger partial charge in [0.2, 0.25) is 0 Å². The highest BCUT2D eigenvalue weighted by atomic mass is 19.4. The van der Waals surface area contributed by atoms with Gasteiger partial charge in [0, 0.05) is 18.5 Å². The van der Waals surface area contributed by atoms with Gasteiger partial charge in [0.25, 0.3) is 5.95 Å². The number of anilines is 1. The minimum Gasteiger partial charge on any atom is -0.382 e. The van der Waals surface area contributed by atoms with Crippen LogP contribution in [-0.2, 0) is 6.18 Å². The third-order valence-corrected chi connectivity index (χ3v) is 1.76. The molecule has 2 aromatic rings. The summed E-state index contributed by atoms with van der Waals surface area (Å²) in [5, 5.41) is 3.50. The van der Waals surface area contributed by atoms with Gasteiger partial charge < -0.3 is 5.73 Å². The number of alkyl halides is 3. The molecule has 0 aliphatic heterocycles. The highest BCUT2D eigenvalue weighted by Gasteiger charge is 2.36. The fraction of sp³-hybridized carbons (Fsp3) is 0.125. The Hall–Kier alpha value is -2.12. The Balaban J connectivity index is 2.58. The first kappa shape index (κ1) is 10.4. The van der Waals surface area contributed by atoms with Crippen LogP contribution >= 0.6 is 0 Å². The van der Waals surface area contributed by atoms with Crippen molar-refractivity contribution in [2.75, 3.05) is 5.73 Å². The number of nitrogens with zero attached hydrogens (tertiary/aromatic N) is 4. The second-order valence-electron chi connectivity index (χ2n) is 2.91. The molecule has 0 radical (unpaired) electrons. The molecule has 0 saturated heterocycles. The number of aromatic nitrogens is 4. The minimum absolute atomic E-state index is 0.175. The first-order valence-electron chi connectivity index (χ1n) is 4.18. The van der Waals surface area contributed by atoms with Crippen molar-refractivity contribution in [1.82, 2.24) is 19.7 Å². The standard InChI is InChI=1S/C8H6F3N5/c9-8(10,11)5-4-6(12)15-16(5)7-13-2-1-3-14-7/h1-4H,(H2,12,15). The third kappa shape index (κ3) is 1.81. The Morgan fingerprint density at radius 1 is 1.19 bits per heavy atom. The topological polar surface area (TPSA) is 69.6 Å². The quantitative estimate of drug-likeness (QED) is 0.799. The molecule has 0 saturated carbocycles. The second-order valence-corrected chi connectivity index (χ2v) is 2.91. The number of rotatable bonds is 1. The van der Waals surface area contributed by atoms with Gasteiger partial charge in [0.05, 0.1) is 0 Å². The molecular formula is C8H6F3N5. The zero-order valence-corrected chi connectivity index (χ0v) is 7.81. The van der Waals surface area contributed by atoms with Crippen molar-refractivity contribution in [2.45, 2.75) is 6.18 Å². The molecule has 5 nitrogen and oxygen atoms in total. The molecule has 0 atom stereocenters. The van der Waals surface area contributed by atoms with E-state index in [1.54, 1.807) is 0 Å². The van der Waals surface area contributed by atoms with E-state index in [-0.39, 0.29) is 11.8 Å². The molecule has 2 N–H and O–H groups in total. The van der Waals surface area contributed by atoms with E-state index in [1.807, 2.05) is 0 Å². The normalized spacial score (nSPS) is 11.7. The predicted octanol–water partition coefficient (Wildman–Crippen LogP) is 1.26. The molecule has 16 heavy (non-hydrogen) atoms. The van der Waals surface area contributed by atoms with Gasteiger partial charge in [-0.25, -0.2) is 9.97 Å². The van der Waals surface area contributed by atoms with Gasteiger partial charge in [-0.1, -0.05) is 0 Å². The van der Waals surface area contributed by atoms with E-state index in [0.29, 0.717) is 4.68 Å². The summed E-state index contributed by atoms with van der Waals surface area (Å²) in [7, 11) is 0. The molecule has 8 heteroatoms. The molecule has 2 heterocycles. The summed E-state index contributed by atoms with van der Waals surface area (Å²) in [5.74, 6) is -0.411. The molecule has 0 spiro atoms. The molecule has 0 aliphatic carbocycles. The predicted molar refractivity (Wildman–Crippen MR) is 48.6 cm³/mol. The van der Waals surface area contributed by atoms with Crippen LogP contribution in [0.1, 0.15) is 5.69 Å². The van der Waals surface area contributed by atoms with E-state index in [9.17, 15) is 13.2 Å². The van der Waals surface area contributed by atoms with Crippen LogP contribution in [0.4, 0.5) is 19.0 Å². The van der Waals surface area contributed by atoms with Crippen molar-refractivity contribution in [1.29, 1.82) is 0 Å². The van der Waals surface area contributed by atoms with E-state index < -0.39 is 11.9 Å². The van der Waals surface area contributed by atoms with Crippen molar-refractivity contribution in [2.24, 2.45) is 0 Å². The van der Waals surface area contributed by atoms with Gasteiger partial charge in [-0.15, -0.1) is 5.10 Å². The van der Waals surface area contributed by atoms with Gasteiger partial charge in [-0.2, -0.15) is 17.9 Å². The van der Waals surface area contributed by atoms with Gasteiger partial charge in [0.1, 0.15) is 5.82 Å². The summed E-state index contributed by atoms with van der Waals surface area (Å²) < 4.78 is 38.3. The van der Waals surface area contributed by atoms with Crippen molar-refractivity contribution < 1.29 is 13.2 Å². The zero-order chi connectivity index (χ0) is 11.8. The highest BCUT2D eigenvalue weighted by Crippen LogP contribution is 2.31. The molecule has 0 aliphatic rings. The molecule has 84 valence electrons. The lowest BCUT2D eigenvalue weighted by Crippen LogP contribution is -2.15. The Morgan fingerprint density at radius 2 is 1.81 bits per heavy atom. The van der Waals surface area contributed by atoms with Crippen molar-refractivity contribution in [3.63, 3.8) is 0 Å². The average molecular weight is 229 g/mol. The van der Waals surface area contributed by atoms with Crippen molar-refractivity contribution >= 4 is 5.82 Å². The summed E-state index contributed by atoms with van der Waals surface area (Å²) >= 11 is 0. The lowest BCUT2D eigenvalue weighted by molar-refractivity contribution is -0.142. The van der Waals surface area contributed by atoms with Crippen LogP contribution in [0.3, 0.4) is 0 Å². The molecule has 2 aromatic heterocycles.